The van der Waals surface area contributed by atoms with Gasteiger partial charge >= 0.3 is 0 Å². The number of hydrogen-bond acceptors (Lipinski definition) is 2. The molecule has 4 heteroatoms. The summed E-state index contributed by atoms with van der Waals surface area (Å²) in [5, 5.41) is 2.56. The van der Waals surface area contributed by atoms with Crippen molar-refractivity contribution in [1.29, 1.82) is 0 Å². The second-order valence-corrected chi connectivity index (χ2v) is 5.94. The molecule has 0 N–H and O–H groups in total. The molecule has 84 valence electrons. The topological polar surface area (TPSA) is 0 Å². The Kier molecular flexibility index (Phi) is 4.20. The Morgan fingerprint density at radius 3 is 2.38 bits per heavy atom. The minimum atomic E-state index is -0.150. The highest BCUT2D eigenvalue weighted by Gasteiger charge is 2.15. The highest BCUT2D eigenvalue weighted by molar-refractivity contribution is 7.98. The molecule has 1 atom stereocenters. The fraction of sp³-hybridized carbons (Fsp3) is 0.167. The van der Waals surface area contributed by atoms with Crippen molar-refractivity contribution in [3.63, 3.8) is 0 Å². The quantitative estimate of drug-likeness (QED) is 0.534. The summed E-state index contributed by atoms with van der Waals surface area (Å²) < 4.78 is 0. The Morgan fingerprint density at radius 1 is 1.19 bits per heavy atom. The molecular formula is C12H10Cl2S2. The number of halogens is 2. The number of rotatable bonds is 3. The number of thioether (sulfide) groups is 1. The van der Waals surface area contributed by atoms with Crippen LogP contribution >= 0.6 is 46.3 Å². The molecule has 0 radical (unpaired) electrons. The third-order valence-electron chi connectivity index (χ3n) is 2.28. The summed E-state index contributed by atoms with van der Waals surface area (Å²) in [5.41, 5.74) is 1.09. The van der Waals surface area contributed by atoms with Crippen LogP contribution in [0.25, 0.3) is 0 Å². The van der Waals surface area contributed by atoms with Crippen LogP contribution in [-0.4, -0.2) is 6.26 Å². The zero-order valence-electron chi connectivity index (χ0n) is 8.61. The molecule has 16 heavy (non-hydrogen) atoms. The summed E-state index contributed by atoms with van der Waals surface area (Å²) in [6.45, 7) is 0. The second-order valence-electron chi connectivity index (χ2n) is 3.27. The molecule has 0 saturated carbocycles. The summed E-state index contributed by atoms with van der Waals surface area (Å²) in [7, 11) is 0. The molecule has 0 saturated heterocycles. The predicted octanol–water partition coefficient (Wildman–Crippen LogP) is 5.45. The molecular weight excluding hydrogens is 279 g/mol. The van der Waals surface area contributed by atoms with Gasteiger partial charge in [0.2, 0.25) is 0 Å². The Bertz CT molecular complexity index is 462. The van der Waals surface area contributed by atoms with E-state index in [2.05, 4.69) is 30.5 Å². The van der Waals surface area contributed by atoms with E-state index in [1.54, 1.807) is 23.1 Å². The highest BCUT2D eigenvalue weighted by atomic mass is 35.5. The molecule has 0 amide bonds. The maximum atomic E-state index is 6.39. The Morgan fingerprint density at radius 2 is 1.88 bits per heavy atom. The highest BCUT2D eigenvalue weighted by Crippen LogP contribution is 2.37. The lowest BCUT2D eigenvalue weighted by molar-refractivity contribution is 1.17. The predicted molar refractivity (Wildman–Crippen MR) is 75.2 cm³/mol. The lowest BCUT2D eigenvalue weighted by atomic mass is 10.1. The summed E-state index contributed by atoms with van der Waals surface area (Å²) in [4.78, 5) is 2.25. The van der Waals surface area contributed by atoms with Crippen molar-refractivity contribution in [2.45, 2.75) is 10.3 Å². The van der Waals surface area contributed by atoms with Crippen LogP contribution in [0.15, 0.2) is 40.6 Å². The van der Waals surface area contributed by atoms with Gasteiger partial charge in [0.25, 0.3) is 0 Å². The lowest BCUT2D eigenvalue weighted by Crippen LogP contribution is -1.90. The fourth-order valence-corrected chi connectivity index (χ4v) is 3.46. The van der Waals surface area contributed by atoms with Crippen LogP contribution in [0.2, 0.25) is 5.02 Å². The van der Waals surface area contributed by atoms with Gasteiger partial charge in [0.1, 0.15) is 0 Å². The summed E-state index contributed by atoms with van der Waals surface area (Å²) >= 11 is 15.8. The number of benzene rings is 1. The van der Waals surface area contributed by atoms with E-state index in [-0.39, 0.29) is 5.38 Å². The standard InChI is InChI=1S/C12H10Cl2S2/c1-15-9-4-2-8(3-5-9)11(14)12-10(13)6-7-16-12/h2-7,11H,1H3. The van der Waals surface area contributed by atoms with Gasteiger partial charge in [0.15, 0.2) is 0 Å². The van der Waals surface area contributed by atoms with Crippen molar-refractivity contribution in [3.05, 3.63) is 51.2 Å². The molecule has 0 spiro atoms. The van der Waals surface area contributed by atoms with E-state index in [1.807, 2.05) is 11.4 Å². The van der Waals surface area contributed by atoms with Crippen LogP contribution in [0.5, 0.6) is 0 Å². The van der Waals surface area contributed by atoms with Crippen LogP contribution in [-0.2, 0) is 0 Å². The Labute approximate surface area is 114 Å². The zero-order valence-corrected chi connectivity index (χ0v) is 11.8. The molecule has 0 aliphatic rings. The molecule has 2 aromatic rings. The first kappa shape index (κ1) is 12.3. The summed E-state index contributed by atoms with van der Waals surface area (Å²) in [6.07, 6.45) is 2.06. The van der Waals surface area contributed by atoms with E-state index >= 15 is 0 Å². The molecule has 0 bridgehead atoms. The Hall–Kier alpha value is -0.150. The normalized spacial score (nSPS) is 12.7. The van der Waals surface area contributed by atoms with Crippen molar-refractivity contribution in [3.8, 4) is 0 Å². The first-order valence-electron chi connectivity index (χ1n) is 4.73. The monoisotopic (exact) mass is 288 g/mol. The smallest absolute Gasteiger partial charge is 0.0942 e. The first-order chi connectivity index (χ1) is 7.72. The largest absolute Gasteiger partial charge is 0.145 e. The molecule has 0 aliphatic heterocycles. The van der Waals surface area contributed by atoms with Gasteiger partial charge in [-0.15, -0.1) is 34.7 Å². The Balaban J connectivity index is 2.27. The van der Waals surface area contributed by atoms with Crippen molar-refractivity contribution >= 4 is 46.3 Å². The van der Waals surface area contributed by atoms with E-state index in [9.17, 15) is 0 Å². The van der Waals surface area contributed by atoms with Gasteiger partial charge in [0, 0.05) is 9.77 Å². The number of thiophene rings is 1. The van der Waals surface area contributed by atoms with Crippen molar-refractivity contribution in [2.24, 2.45) is 0 Å². The minimum absolute atomic E-state index is 0.150. The molecule has 1 unspecified atom stereocenters. The van der Waals surface area contributed by atoms with E-state index in [4.69, 9.17) is 23.2 Å². The molecule has 0 fully saturated rings. The molecule has 1 aromatic heterocycles. The summed E-state index contributed by atoms with van der Waals surface area (Å²) in [5.74, 6) is 0. The SMILES string of the molecule is CSc1ccc(C(Cl)c2sccc2Cl)cc1. The van der Waals surface area contributed by atoms with Gasteiger partial charge in [-0.2, -0.15) is 0 Å². The van der Waals surface area contributed by atoms with Crippen molar-refractivity contribution in [2.75, 3.05) is 6.26 Å². The van der Waals surface area contributed by atoms with Gasteiger partial charge in [-0.3, -0.25) is 0 Å². The maximum Gasteiger partial charge on any atom is 0.0942 e. The minimum Gasteiger partial charge on any atom is -0.145 e. The maximum absolute atomic E-state index is 6.39. The number of hydrogen-bond donors (Lipinski definition) is 0. The van der Waals surface area contributed by atoms with Gasteiger partial charge in [-0.1, -0.05) is 23.7 Å². The van der Waals surface area contributed by atoms with E-state index in [1.165, 1.54) is 4.90 Å². The second kappa shape index (κ2) is 5.46. The fourth-order valence-electron chi connectivity index (χ4n) is 1.41. The van der Waals surface area contributed by atoms with Crippen LogP contribution in [0.3, 0.4) is 0 Å². The average molecular weight is 289 g/mol. The van der Waals surface area contributed by atoms with Gasteiger partial charge < -0.3 is 0 Å². The molecule has 0 nitrogen and oxygen atoms in total. The molecule has 1 heterocycles. The van der Waals surface area contributed by atoms with Crippen LogP contribution in [0, 0.1) is 0 Å². The van der Waals surface area contributed by atoms with Crippen molar-refractivity contribution < 1.29 is 0 Å². The van der Waals surface area contributed by atoms with E-state index in [0.717, 1.165) is 15.5 Å². The molecule has 1 aromatic carbocycles. The van der Waals surface area contributed by atoms with Crippen LogP contribution in [0.4, 0.5) is 0 Å². The lowest BCUT2D eigenvalue weighted by Gasteiger charge is -2.09. The molecule has 2 rings (SSSR count). The third-order valence-corrected chi connectivity index (χ3v) is 5.05. The van der Waals surface area contributed by atoms with E-state index < -0.39 is 0 Å². The number of alkyl halides is 1. The van der Waals surface area contributed by atoms with Crippen LogP contribution < -0.4 is 0 Å². The van der Waals surface area contributed by atoms with Crippen molar-refractivity contribution in [1.82, 2.24) is 0 Å². The van der Waals surface area contributed by atoms with Crippen LogP contribution in [0.1, 0.15) is 15.8 Å². The average Bonchev–Trinajstić information content (AvgIpc) is 2.75. The zero-order chi connectivity index (χ0) is 11.5. The van der Waals surface area contributed by atoms with Gasteiger partial charge in [-0.25, -0.2) is 0 Å². The summed E-state index contributed by atoms with van der Waals surface area (Å²) in [6, 6.07) is 10.2. The molecule has 0 aliphatic carbocycles. The third kappa shape index (κ3) is 2.57. The van der Waals surface area contributed by atoms with E-state index in [0.29, 0.717) is 0 Å². The first-order valence-corrected chi connectivity index (χ1v) is 7.65. The van der Waals surface area contributed by atoms with Gasteiger partial charge in [0.05, 0.1) is 10.4 Å². The van der Waals surface area contributed by atoms with Gasteiger partial charge in [-0.05, 0) is 35.4 Å².